The zero-order valence-corrected chi connectivity index (χ0v) is 27.4. The van der Waals surface area contributed by atoms with Crippen molar-refractivity contribution < 1.29 is 4.42 Å². The maximum atomic E-state index is 6.40. The molecule has 0 spiro atoms. The maximum absolute atomic E-state index is 6.40. The molecule has 0 aliphatic heterocycles. The second-order valence-corrected chi connectivity index (χ2v) is 13.2. The van der Waals surface area contributed by atoms with Crippen LogP contribution in [0.3, 0.4) is 0 Å². The van der Waals surface area contributed by atoms with E-state index in [1.54, 1.807) is 0 Å². The third-order valence-corrected chi connectivity index (χ3v) is 10.3. The number of aromatic nitrogens is 2. The molecule has 0 aliphatic carbocycles. The van der Waals surface area contributed by atoms with E-state index in [1.165, 1.54) is 78.5 Å². The minimum atomic E-state index is 0.927. The first-order valence-electron chi connectivity index (χ1n) is 17.3. The van der Waals surface area contributed by atoms with Crippen molar-refractivity contribution in [2.75, 3.05) is 0 Å². The highest BCUT2D eigenvalue weighted by atomic mass is 16.3. The number of para-hydroxylation sites is 4. The van der Waals surface area contributed by atoms with Crippen LogP contribution in [0.1, 0.15) is 25.3 Å². The van der Waals surface area contributed by atoms with Crippen molar-refractivity contribution in [2.24, 2.45) is 0 Å². The Labute approximate surface area is 284 Å². The van der Waals surface area contributed by atoms with Crippen molar-refractivity contribution in [3.05, 3.63) is 157 Å². The minimum absolute atomic E-state index is 0.927. The van der Waals surface area contributed by atoms with E-state index in [1.807, 2.05) is 0 Å². The molecule has 10 aromatic rings. The Kier molecular flexibility index (Phi) is 6.29. The number of furan rings is 1. The van der Waals surface area contributed by atoms with Gasteiger partial charge in [0.1, 0.15) is 11.2 Å². The molecule has 0 atom stereocenters. The molecule has 0 fully saturated rings. The zero-order valence-electron chi connectivity index (χ0n) is 27.4. The molecule has 49 heavy (non-hydrogen) atoms. The fraction of sp³-hybridized carbons (Fsp3) is 0.0870. The molecule has 0 aliphatic rings. The smallest absolute Gasteiger partial charge is 0.135 e. The number of rotatable bonds is 6. The molecule has 7 aromatic carbocycles. The lowest BCUT2D eigenvalue weighted by molar-refractivity contribution is 0.667. The lowest BCUT2D eigenvalue weighted by Gasteiger charge is -2.15. The van der Waals surface area contributed by atoms with Gasteiger partial charge in [-0.25, -0.2) is 0 Å². The topological polar surface area (TPSA) is 23.0 Å². The highest BCUT2D eigenvalue weighted by Crippen LogP contribution is 2.44. The van der Waals surface area contributed by atoms with E-state index in [0.29, 0.717) is 0 Å². The number of hydrogen-bond acceptors (Lipinski definition) is 1. The molecule has 3 nitrogen and oxygen atoms in total. The molecular formula is C46H34N2O. The Hall–Kier alpha value is -6.06. The highest BCUT2D eigenvalue weighted by Gasteiger charge is 2.22. The Morgan fingerprint density at radius 3 is 2.10 bits per heavy atom. The van der Waals surface area contributed by atoms with Gasteiger partial charge in [0.05, 0.1) is 27.8 Å². The summed E-state index contributed by atoms with van der Waals surface area (Å²) in [6.45, 7) is 2.24. The van der Waals surface area contributed by atoms with Crippen LogP contribution in [-0.4, -0.2) is 9.13 Å². The lowest BCUT2D eigenvalue weighted by Crippen LogP contribution is -1.98. The van der Waals surface area contributed by atoms with Crippen molar-refractivity contribution in [1.82, 2.24) is 9.13 Å². The van der Waals surface area contributed by atoms with Gasteiger partial charge in [0, 0.05) is 43.6 Å². The van der Waals surface area contributed by atoms with Gasteiger partial charge in [-0.1, -0.05) is 110 Å². The molecule has 0 saturated carbocycles. The SMILES string of the molecule is CCCCc1ccc2c(c1)oc1ccc(-c3ccccc3-n3c4ccccc4c4ccc5c(c6ccccc6n5-c5ccccc5)c43)cc12. The molecule has 0 bridgehead atoms. The Bertz CT molecular complexity index is 2870. The van der Waals surface area contributed by atoms with E-state index in [2.05, 4.69) is 168 Å². The fourth-order valence-corrected chi connectivity index (χ4v) is 8.05. The van der Waals surface area contributed by atoms with E-state index in [4.69, 9.17) is 4.42 Å². The summed E-state index contributed by atoms with van der Waals surface area (Å²) >= 11 is 0. The number of fused-ring (bicyclic) bond motifs is 10. The van der Waals surface area contributed by atoms with Gasteiger partial charge in [-0.05, 0) is 78.6 Å². The highest BCUT2D eigenvalue weighted by molar-refractivity contribution is 6.26. The quantitative estimate of drug-likeness (QED) is 0.179. The predicted octanol–water partition coefficient (Wildman–Crippen LogP) is 12.8. The van der Waals surface area contributed by atoms with Crippen LogP contribution in [0.2, 0.25) is 0 Å². The summed E-state index contributed by atoms with van der Waals surface area (Å²) in [7, 11) is 0. The van der Waals surface area contributed by atoms with Gasteiger partial charge < -0.3 is 13.6 Å². The average molecular weight is 631 g/mol. The summed E-state index contributed by atoms with van der Waals surface area (Å²) in [5, 5.41) is 7.34. The zero-order chi connectivity index (χ0) is 32.5. The summed E-state index contributed by atoms with van der Waals surface area (Å²) in [4.78, 5) is 0. The Balaban J connectivity index is 1.26. The van der Waals surface area contributed by atoms with Gasteiger partial charge in [0.2, 0.25) is 0 Å². The standard InChI is InChI=1S/C46H34N2O/c1-2-3-13-30-22-24-35-38-29-31(23-27-43(38)49-44(35)28-30)33-16-7-10-19-39(33)48-40-20-11-8-17-34(40)36-25-26-42-45(46(36)48)37-18-9-12-21-41(37)47(42)32-14-5-4-6-15-32/h4-12,14-29H,2-3,13H2,1H3. The van der Waals surface area contributed by atoms with E-state index in [0.717, 1.165) is 34.3 Å². The molecule has 0 N–H and O–H groups in total. The first-order chi connectivity index (χ1) is 24.3. The van der Waals surface area contributed by atoms with Crippen LogP contribution < -0.4 is 0 Å². The second kappa shape index (κ2) is 11.0. The monoisotopic (exact) mass is 630 g/mol. The molecule has 234 valence electrons. The van der Waals surface area contributed by atoms with E-state index >= 15 is 0 Å². The van der Waals surface area contributed by atoms with Gasteiger partial charge in [0.15, 0.2) is 0 Å². The molecule has 0 saturated heterocycles. The van der Waals surface area contributed by atoms with Crippen LogP contribution >= 0.6 is 0 Å². The maximum Gasteiger partial charge on any atom is 0.135 e. The van der Waals surface area contributed by atoms with Crippen LogP contribution in [0.25, 0.3) is 88.1 Å². The van der Waals surface area contributed by atoms with Gasteiger partial charge in [-0.2, -0.15) is 0 Å². The molecule has 3 aromatic heterocycles. The molecular weight excluding hydrogens is 597 g/mol. The molecule has 0 radical (unpaired) electrons. The summed E-state index contributed by atoms with van der Waals surface area (Å²) in [6, 6.07) is 55.2. The summed E-state index contributed by atoms with van der Waals surface area (Å²) in [6.07, 6.45) is 3.46. The fourth-order valence-electron chi connectivity index (χ4n) is 8.05. The molecule has 0 amide bonds. The second-order valence-electron chi connectivity index (χ2n) is 13.2. The number of unbranched alkanes of at least 4 members (excludes halogenated alkanes) is 1. The molecule has 0 unspecified atom stereocenters. The first kappa shape index (κ1) is 28.0. The van der Waals surface area contributed by atoms with Crippen molar-refractivity contribution >= 4 is 65.6 Å². The van der Waals surface area contributed by atoms with Crippen LogP contribution in [0, 0.1) is 0 Å². The van der Waals surface area contributed by atoms with Crippen LogP contribution in [-0.2, 0) is 6.42 Å². The summed E-state index contributed by atoms with van der Waals surface area (Å²) in [5.41, 5.74) is 12.7. The van der Waals surface area contributed by atoms with Crippen LogP contribution in [0.4, 0.5) is 0 Å². The lowest BCUT2D eigenvalue weighted by atomic mass is 10.00. The van der Waals surface area contributed by atoms with Crippen LogP contribution in [0.5, 0.6) is 0 Å². The van der Waals surface area contributed by atoms with Crippen molar-refractivity contribution in [3.63, 3.8) is 0 Å². The van der Waals surface area contributed by atoms with Gasteiger partial charge >= 0.3 is 0 Å². The van der Waals surface area contributed by atoms with Crippen molar-refractivity contribution in [3.8, 4) is 22.5 Å². The third kappa shape index (κ3) is 4.22. The predicted molar refractivity (Wildman–Crippen MR) is 206 cm³/mol. The number of nitrogens with zero attached hydrogens (tertiary/aromatic N) is 2. The average Bonchev–Trinajstić information content (AvgIpc) is 3.81. The number of aryl methyl sites for hydroxylation is 1. The van der Waals surface area contributed by atoms with E-state index in [9.17, 15) is 0 Å². The normalized spacial score (nSPS) is 12.0. The Morgan fingerprint density at radius 1 is 0.510 bits per heavy atom. The Morgan fingerprint density at radius 2 is 1.24 bits per heavy atom. The number of benzene rings is 7. The minimum Gasteiger partial charge on any atom is -0.456 e. The van der Waals surface area contributed by atoms with E-state index < -0.39 is 0 Å². The molecule has 3 heterocycles. The van der Waals surface area contributed by atoms with E-state index in [-0.39, 0.29) is 0 Å². The molecule has 3 heteroatoms. The molecule has 10 rings (SSSR count). The number of hydrogen-bond donors (Lipinski definition) is 0. The largest absolute Gasteiger partial charge is 0.456 e. The summed E-state index contributed by atoms with van der Waals surface area (Å²) in [5.74, 6) is 0. The first-order valence-corrected chi connectivity index (χ1v) is 17.3. The van der Waals surface area contributed by atoms with Crippen molar-refractivity contribution in [1.29, 1.82) is 0 Å². The van der Waals surface area contributed by atoms with Gasteiger partial charge in [-0.15, -0.1) is 0 Å². The third-order valence-electron chi connectivity index (χ3n) is 10.3. The van der Waals surface area contributed by atoms with Gasteiger partial charge in [-0.3, -0.25) is 0 Å². The van der Waals surface area contributed by atoms with Crippen LogP contribution in [0.15, 0.2) is 156 Å². The van der Waals surface area contributed by atoms with Gasteiger partial charge in [0.25, 0.3) is 0 Å². The van der Waals surface area contributed by atoms with Crippen molar-refractivity contribution in [2.45, 2.75) is 26.2 Å². The summed E-state index contributed by atoms with van der Waals surface area (Å²) < 4.78 is 11.3.